The predicted octanol–water partition coefficient (Wildman–Crippen LogP) is 1.11. The van der Waals surface area contributed by atoms with Crippen LogP contribution in [-0.4, -0.2) is 75.3 Å². The molecule has 2 fully saturated rings. The van der Waals surface area contributed by atoms with E-state index in [0.717, 1.165) is 44.6 Å². The van der Waals surface area contributed by atoms with Crippen molar-refractivity contribution in [1.29, 1.82) is 0 Å². The number of ether oxygens (including phenoxy) is 1. The molecule has 1 aromatic carbocycles. The lowest BCUT2D eigenvalue weighted by Gasteiger charge is -2.34. The maximum absolute atomic E-state index is 12.7. The highest BCUT2D eigenvalue weighted by Gasteiger charge is 2.30. The molecule has 0 bridgehead atoms. The van der Waals surface area contributed by atoms with Gasteiger partial charge in [0.1, 0.15) is 6.54 Å². The fraction of sp³-hybridized carbons (Fsp3) is 0.579. The number of tetrazole rings is 1. The van der Waals surface area contributed by atoms with E-state index in [9.17, 15) is 4.79 Å². The molecule has 4 rings (SSSR count). The number of amides is 1. The van der Waals surface area contributed by atoms with Crippen LogP contribution in [0.15, 0.2) is 30.3 Å². The third-order valence-corrected chi connectivity index (χ3v) is 5.32. The van der Waals surface area contributed by atoms with Crippen molar-refractivity contribution in [2.24, 2.45) is 0 Å². The zero-order valence-electron chi connectivity index (χ0n) is 15.5. The molecule has 0 N–H and O–H groups in total. The Hall–Kier alpha value is -2.32. The summed E-state index contributed by atoms with van der Waals surface area (Å²) in [6.07, 6.45) is 3.36. The Kier molecular flexibility index (Phi) is 5.74. The Morgan fingerprint density at radius 1 is 1.04 bits per heavy atom. The number of likely N-dealkylation sites (tertiary alicyclic amines) is 1. The average Bonchev–Trinajstić information content (AvgIpc) is 3.18. The molecule has 1 amide bonds. The van der Waals surface area contributed by atoms with Gasteiger partial charge in [-0.2, -0.15) is 0 Å². The molecule has 1 aromatic heterocycles. The van der Waals surface area contributed by atoms with Crippen LogP contribution in [0.4, 0.5) is 0 Å². The van der Waals surface area contributed by atoms with Gasteiger partial charge >= 0.3 is 0 Å². The summed E-state index contributed by atoms with van der Waals surface area (Å²) in [6, 6.07) is 10.1. The first-order valence-corrected chi connectivity index (χ1v) is 9.73. The molecule has 8 heteroatoms. The molecule has 8 nitrogen and oxygen atoms in total. The highest BCUT2D eigenvalue weighted by Crippen LogP contribution is 2.27. The van der Waals surface area contributed by atoms with Crippen molar-refractivity contribution in [2.75, 3.05) is 39.4 Å². The molecule has 1 atom stereocenters. The topological polar surface area (TPSA) is 76.4 Å². The lowest BCUT2D eigenvalue weighted by molar-refractivity contribution is -0.133. The van der Waals surface area contributed by atoms with E-state index in [2.05, 4.69) is 32.6 Å². The number of carbonyl (C=O) groups excluding carboxylic acids is 1. The Balaban J connectivity index is 1.59. The van der Waals surface area contributed by atoms with Crippen LogP contribution in [-0.2, 0) is 16.1 Å². The second-order valence-electron chi connectivity index (χ2n) is 7.10. The number of piperidine rings is 1. The van der Waals surface area contributed by atoms with Crippen molar-refractivity contribution in [2.45, 2.75) is 31.8 Å². The van der Waals surface area contributed by atoms with E-state index in [-0.39, 0.29) is 18.5 Å². The maximum Gasteiger partial charge on any atom is 0.244 e. The van der Waals surface area contributed by atoms with Gasteiger partial charge in [-0.15, -0.1) is 5.10 Å². The van der Waals surface area contributed by atoms with Gasteiger partial charge in [-0.1, -0.05) is 30.3 Å². The van der Waals surface area contributed by atoms with Crippen LogP contribution in [0.5, 0.6) is 0 Å². The van der Waals surface area contributed by atoms with Crippen LogP contribution in [0.1, 0.15) is 36.7 Å². The number of hydrogen-bond donors (Lipinski definition) is 0. The van der Waals surface area contributed by atoms with E-state index < -0.39 is 0 Å². The molecule has 144 valence electrons. The minimum atomic E-state index is -0.0840. The fourth-order valence-corrected chi connectivity index (χ4v) is 3.89. The molecule has 1 unspecified atom stereocenters. The minimum Gasteiger partial charge on any atom is -0.379 e. The third-order valence-electron chi connectivity index (χ3n) is 5.32. The summed E-state index contributed by atoms with van der Waals surface area (Å²) < 4.78 is 7.19. The number of nitrogens with zero attached hydrogens (tertiary/aromatic N) is 6. The van der Waals surface area contributed by atoms with Gasteiger partial charge in [0.15, 0.2) is 5.82 Å². The molecular formula is C19H26N6O2. The van der Waals surface area contributed by atoms with Crippen LogP contribution >= 0.6 is 0 Å². The van der Waals surface area contributed by atoms with E-state index in [4.69, 9.17) is 4.74 Å². The number of aromatic nitrogens is 4. The molecule has 3 heterocycles. The van der Waals surface area contributed by atoms with Gasteiger partial charge in [0.25, 0.3) is 0 Å². The Morgan fingerprint density at radius 2 is 1.78 bits per heavy atom. The van der Waals surface area contributed by atoms with E-state index >= 15 is 0 Å². The summed E-state index contributed by atoms with van der Waals surface area (Å²) in [5, 5.41) is 12.4. The standard InChI is InChI=1S/C19H26N6O2/c26-17(23-9-5-2-6-10-23)15-25-19(20-21-22-25)18(16-7-3-1-4-8-16)24-11-13-27-14-12-24/h1,3-4,7-8,18H,2,5-6,9-15H2. The largest absolute Gasteiger partial charge is 0.379 e. The van der Waals surface area contributed by atoms with Crippen molar-refractivity contribution in [1.82, 2.24) is 30.0 Å². The second kappa shape index (κ2) is 8.58. The third kappa shape index (κ3) is 4.17. The zero-order chi connectivity index (χ0) is 18.5. The summed E-state index contributed by atoms with van der Waals surface area (Å²) in [7, 11) is 0. The van der Waals surface area contributed by atoms with Gasteiger partial charge in [-0.05, 0) is 35.3 Å². The molecule has 2 saturated heterocycles. The molecule has 2 aliphatic heterocycles. The first-order valence-electron chi connectivity index (χ1n) is 9.73. The van der Waals surface area contributed by atoms with E-state index in [1.807, 2.05) is 23.1 Å². The van der Waals surface area contributed by atoms with Crippen molar-refractivity contribution < 1.29 is 9.53 Å². The maximum atomic E-state index is 12.7. The van der Waals surface area contributed by atoms with Crippen molar-refractivity contribution >= 4 is 5.91 Å². The average molecular weight is 370 g/mol. The van der Waals surface area contributed by atoms with Crippen LogP contribution in [0.25, 0.3) is 0 Å². The molecular weight excluding hydrogens is 344 g/mol. The molecule has 0 saturated carbocycles. The van der Waals surface area contributed by atoms with Crippen LogP contribution in [0.2, 0.25) is 0 Å². The van der Waals surface area contributed by atoms with Gasteiger partial charge in [0.05, 0.1) is 19.3 Å². The van der Waals surface area contributed by atoms with E-state index in [1.165, 1.54) is 6.42 Å². The van der Waals surface area contributed by atoms with E-state index in [0.29, 0.717) is 19.0 Å². The molecule has 0 aliphatic carbocycles. The highest BCUT2D eigenvalue weighted by molar-refractivity contribution is 5.76. The smallest absolute Gasteiger partial charge is 0.244 e. The quantitative estimate of drug-likeness (QED) is 0.785. The number of rotatable bonds is 5. The molecule has 2 aliphatic rings. The van der Waals surface area contributed by atoms with Crippen LogP contribution in [0, 0.1) is 0 Å². The predicted molar refractivity (Wildman–Crippen MR) is 98.9 cm³/mol. The highest BCUT2D eigenvalue weighted by atomic mass is 16.5. The van der Waals surface area contributed by atoms with Crippen LogP contribution in [0.3, 0.4) is 0 Å². The summed E-state index contributed by atoms with van der Waals surface area (Å²) in [5.41, 5.74) is 1.13. The zero-order valence-corrected chi connectivity index (χ0v) is 15.5. The van der Waals surface area contributed by atoms with E-state index in [1.54, 1.807) is 4.68 Å². The van der Waals surface area contributed by atoms with Gasteiger partial charge in [-0.25, -0.2) is 4.68 Å². The molecule has 0 radical (unpaired) electrons. The molecule has 27 heavy (non-hydrogen) atoms. The first kappa shape index (κ1) is 18.1. The monoisotopic (exact) mass is 370 g/mol. The normalized spacial score (nSPS) is 19.8. The number of carbonyl (C=O) groups is 1. The summed E-state index contributed by atoms with van der Waals surface area (Å²) in [5.74, 6) is 0.811. The molecule has 2 aromatic rings. The minimum absolute atomic E-state index is 0.0840. The number of benzene rings is 1. The number of morpholine rings is 1. The fourth-order valence-electron chi connectivity index (χ4n) is 3.89. The van der Waals surface area contributed by atoms with Gasteiger partial charge < -0.3 is 9.64 Å². The van der Waals surface area contributed by atoms with Gasteiger partial charge in [-0.3, -0.25) is 9.69 Å². The first-order chi connectivity index (χ1) is 13.3. The second-order valence-corrected chi connectivity index (χ2v) is 7.10. The van der Waals surface area contributed by atoms with Gasteiger partial charge in [0, 0.05) is 26.2 Å². The Morgan fingerprint density at radius 3 is 2.52 bits per heavy atom. The SMILES string of the molecule is O=C(Cn1nnnc1C(c1ccccc1)N1CCOCC1)N1CCCCC1. The Labute approximate surface area is 159 Å². The summed E-state index contributed by atoms with van der Waals surface area (Å²) >= 11 is 0. The van der Waals surface area contributed by atoms with Crippen LogP contribution < -0.4 is 0 Å². The van der Waals surface area contributed by atoms with Crippen molar-refractivity contribution in [3.8, 4) is 0 Å². The Bertz CT molecular complexity index is 738. The molecule has 0 spiro atoms. The lowest BCUT2D eigenvalue weighted by Crippen LogP contribution is -2.42. The number of hydrogen-bond acceptors (Lipinski definition) is 6. The van der Waals surface area contributed by atoms with Gasteiger partial charge in [0.2, 0.25) is 5.91 Å². The summed E-state index contributed by atoms with van der Waals surface area (Å²) in [4.78, 5) is 17.0. The lowest BCUT2D eigenvalue weighted by atomic mass is 10.0. The summed E-state index contributed by atoms with van der Waals surface area (Å²) in [6.45, 7) is 4.87. The van der Waals surface area contributed by atoms with Crippen molar-refractivity contribution in [3.05, 3.63) is 41.7 Å². The van der Waals surface area contributed by atoms with Crippen molar-refractivity contribution in [3.63, 3.8) is 0 Å².